The van der Waals surface area contributed by atoms with E-state index in [1.165, 1.54) is 18.9 Å². The molecule has 2 aliphatic heterocycles. The van der Waals surface area contributed by atoms with Crippen LogP contribution in [0.1, 0.15) is 37.7 Å². The molecule has 4 rings (SSSR count). The summed E-state index contributed by atoms with van der Waals surface area (Å²) >= 11 is 0. The molecule has 1 saturated carbocycles. The van der Waals surface area contributed by atoms with Gasteiger partial charge in [-0.15, -0.1) is 0 Å². The summed E-state index contributed by atoms with van der Waals surface area (Å²) < 4.78 is 25.8. The van der Waals surface area contributed by atoms with Crippen LogP contribution in [0, 0.1) is 11.7 Å². The maximum absolute atomic E-state index is 13.7. The highest BCUT2D eigenvalue weighted by molar-refractivity contribution is 5.79. The van der Waals surface area contributed by atoms with Crippen LogP contribution in [-0.4, -0.2) is 48.8 Å². The third-order valence-electron chi connectivity index (χ3n) is 5.77. The number of ether oxygens (including phenoxy) is 2. The van der Waals surface area contributed by atoms with E-state index in [1.54, 1.807) is 18.2 Å². The first-order valence-electron chi connectivity index (χ1n) is 9.40. The average molecular weight is 347 g/mol. The van der Waals surface area contributed by atoms with Crippen molar-refractivity contribution in [3.8, 4) is 0 Å². The lowest BCUT2D eigenvalue weighted by molar-refractivity contribution is -0.135. The predicted octanol–water partition coefficient (Wildman–Crippen LogP) is 2.94. The summed E-state index contributed by atoms with van der Waals surface area (Å²) in [6, 6.07) is 6.50. The van der Waals surface area contributed by atoms with Crippen LogP contribution in [0.4, 0.5) is 4.39 Å². The molecule has 0 bridgehead atoms. The first kappa shape index (κ1) is 17.0. The average Bonchev–Trinajstić information content (AvgIpc) is 3.37. The van der Waals surface area contributed by atoms with Gasteiger partial charge in [0.25, 0.3) is 0 Å². The van der Waals surface area contributed by atoms with Crippen molar-refractivity contribution in [2.24, 2.45) is 5.92 Å². The van der Waals surface area contributed by atoms with Gasteiger partial charge in [0.15, 0.2) is 0 Å². The Morgan fingerprint density at radius 3 is 2.76 bits per heavy atom. The highest BCUT2D eigenvalue weighted by atomic mass is 19.1. The van der Waals surface area contributed by atoms with Crippen LogP contribution in [0.3, 0.4) is 0 Å². The Labute approximate surface area is 148 Å². The zero-order valence-electron chi connectivity index (χ0n) is 14.6. The molecular weight excluding hydrogens is 321 g/mol. The third-order valence-corrected chi connectivity index (χ3v) is 5.77. The van der Waals surface area contributed by atoms with E-state index in [9.17, 15) is 9.18 Å². The second-order valence-electron chi connectivity index (χ2n) is 7.75. The number of rotatable bonds is 5. The van der Waals surface area contributed by atoms with Crippen molar-refractivity contribution in [1.82, 2.24) is 4.90 Å². The fourth-order valence-corrected chi connectivity index (χ4v) is 3.89. The first-order chi connectivity index (χ1) is 12.1. The van der Waals surface area contributed by atoms with E-state index >= 15 is 0 Å². The Bertz CT molecular complexity index is 623. The van der Waals surface area contributed by atoms with E-state index in [0.29, 0.717) is 25.3 Å². The molecule has 136 valence electrons. The zero-order chi connectivity index (χ0) is 17.3. The largest absolute Gasteiger partial charge is 0.375 e. The van der Waals surface area contributed by atoms with Crippen LogP contribution < -0.4 is 0 Å². The van der Waals surface area contributed by atoms with Crippen LogP contribution in [0.5, 0.6) is 0 Å². The van der Waals surface area contributed by atoms with Gasteiger partial charge in [0, 0.05) is 26.1 Å². The van der Waals surface area contributed by atoms with Crippen molar-refractivity contribution in [3.63, 3.8) is 0 Å². The summed E-state index contributed by atoms with van der Waals surface area (Å²) in [5.74, 6) is 0.466. The van der Waals surface area contributed by atoms with Gasteiger partial charge in [-0.05, 0) is 43.2 Å². The summed E-state index contributed by atoms with van der Waals surface area (Å²) in [5, 5.41) is 0. The first-order valence-corrected chi connectivity index (χ1v) is 9.40. The molecule has 2 heterocycles. The fourth-order valence-electron chi connectivity index (χ4n) is 3.89. The SMILES string of the molecule is O=C(Cc1ccccc1F)N1CCC2(CC1)C[C@H](OCC1CC1)CO2. The highest BCUT2D eigenvalue weighted by Gasteiger charge is 2.44. The van der Waals surface area contributed by atoms with E-state index in [4.69, 9.17) is 9.47 Å². The van der Waals surface area contributed by atoms with E-state index in [1.807, 2.05) is 4.90 Å². The molecule has 3 aliphatic rings. The summed E-state index contributed by atoms with van der Waals surface area (Å²) in [6.07, 6.45) is 5.58. The standard InChI is InChI=1S/C20H26FNO3/c21-18-4-2-1-3-16(18)11-19(23)22-9-7-20(8-10-22)12-17(14-25-20)24-13-15-5-6-15/h1-4,15,17H,5-14H2/t17-/m0/s1. The van der Waals surface area contributed by atoms with E-state index in [2.05, 4.69) is 0 Å². The van der Waals surface area contributed by atoms with Crippen molar-refractivity contribution in [2.45, 2.75) is 50.2 Å². The molecule has 0 aromatic heterocycles. The lowest BCUT2D eigenvalue weighted by Gasteiger charge is -2.38. The summed E-state index contributed by atoms with van der Waals surface area (Å²) in [4.78, 5) is 14.3. The quantitative estimate of drug-likeness (QED) is 0.822. The molecule has 1 aromatic rings. The van der Waals surface area contributed by atoms with Gasteiger partial charge in [-0.2, -0.15) is 0 Å². The maximum Gasteiger partial charge on any atom is 0.227 e. The summed E-state index contributed by atoms with van der Waals surface area (Å²) in [7, 11) is 0. The Morgan fingerprint density at radius 2 is 2.04 bits per heavy atom. The van der Waals surface area contributed by atoms with Crippen molar-refractivity contribution in [3.05, 3.63) is 35.6 Å². The molecular formula is C20H26FNO3. The van der Waals surface area contributed by atoms with Crippen molar-refractivity contribution < 1.29 is 18.7 Å². The van der Waals surface area contributed by atoms with E-state index < -0.39 is 0 Å². The van der Waals surface area contributed by atoms with Gasteiger partial charge in [-0.25, -0.2) is 4.39 Å². The second-order valence-corrected chi connectivity index (χ2v) is 7.75. The summed E-state index contributed by atoms with van der Waals surface area (Å²) in [6.45, 7) is 2.92. The van der Waals surface area contributed by atoms with Gasteiger partial charge in [-0.1, -0.05) is 18.2 Å². The van der Waals surface area contributed by atoms with E-state index in [0.717, 1.165) is 31.8 Å². The number of amides is 1. The molecule has 1 aliphatic carbocycles. The number of carbonyl (C=O) groups is 1. The number of hydrogen-bond acceptors (Lipinski definition) is 3. The second kappa shape index (κ2) is 7.04. The Balaban J connectivity index is 1.26. The molecule has 2 saturated heterocycles. The monoisotopic (exact) mass is 347 g/mol. The number of benzene rings is 1. The third kappa shape index (κ3) is 4.04. The number of piperidine rings is 1. The molecule has 4 nitrogen and oxygen atoms in total. The normalized spacial score (nSPS) is 25.5. The van der Waals surface area contributed by atoms with Gasteiger partial charge >= 0.3 is 0 Å². The minimum atomic E-state index is -0.306. The minimum Gasteiger partial charge on any atom is -0.375 e. The predicted molar refractivity (Wildman–Crippen MR) is 91.7 cm³/mol. The van der Waals surface area contributed by atoms with E-state index in [-0.39, 0.29) is 29.9 Å². The highest BCUT2D eigenvalue weighted by Crippen LogP contribution is 2.38. The Morgan fingerprint density at radius 1 is 1.28 bits per heavy atom. The fraction of sp³-hybridized carbons (Fsp3) is 0.650. The zero-order valence-corrected chi connectivity index (χ0v) is 14.6. The van der Waals surface area contributed by atoms with Gasteiger partial charge in [0.2, 0.25) is 5.91 Å². The molecule has 1 spiro atoms. The lowest BCUT2D eigenvalue weighted by atomic mass is 9.87. The smallest absolute Gasteiger partial charge is 0.227 e. The number of hydrogen-bond donors (Lipinski definition) is 0. The van der Waals surface area contributed by atoms with Gasteiger partial charge in [0.1, 0.15) is 5.82 Å². The van der Waals surface area contributed by atoms with Crippen LogP contribution in [-0.2, 0) is 20.7 Å². The number of carbonyl (C=O) groups excluding carboxylic acids is 1. The molecule has 5 heteroatoms. The van der Waals surface area contributed by atoms with Gasteiger partial charge in [-0.3, -0.25) is 4.79 Å². The van der Waals surface area contributed by atoms with Gasteiger partial charge in [0.05, 0.1) is 24.7 Å². The Hall–Kier alpha value is -1.46. The van der Waals surface area contributed by atoms with Crippen molar-refractivity contribution in [1.29, 1.82) is 0 Å². The molecule has 25 heavy (non-hydrogen) atoms. The minimum absolute atomic E-state index is 0.000481. The summed E-state index contributed by atoms with van der Waals surface area (Å²) in [5.41, 5.74) is 0.349. The van der Waals surface area contributed by atoms with Gasteiger partial charge < -0.3 is 14.4 Å². The molecule has 0 N–H and O–H groups in total. The van der Waals surface area contributed by atoms with Crippen LogP contribution >= 0.6 is 0 Å². The molecule has 1 atom stereocenters. The molecule has 3 fully saturated rings. The maximum atomic E-state index is 13.7. The van der Waals surface area contributed by atoms with Crippen LogP contribution in [0.15, 0.2) is 24.3 Å². The number of halogens is 1. The molecule has 1 amide bonds. The molecule has 1 aromatic carbocycles. The van der Waals surface area contributed by atoms with Crippen molar-refractivity contribution >= 4 is 5.91 Å². The van der Waals surface area contributed by atoms with Crippen LogP contribution in [0.2, 0.25) is 0 Å². The number of likely N-dealkylation sites (tertiary alicyclic amines) is 1. The Kier molecular flexibility index (Phi) is 4.78. The molecule has 0 radical (unpaired) electrons. The lowest BCUT2D eigenvalue weighted by Crippen LogP contribution is -2.47. The number of nitrogens with zero attached hydrogens (tertiary/aromatic N) is 1. The molecule has 0 unspecified atom stereocenters. The topological polar surface area (TPSA) is 38.8 Å². The van der Waals surface area contributed by atoms with Crippen molar-refractivity contribution in [2.75, 3.05) is 26.3 Å². The van der Waals surface area contributed by atoms with Crippen LogP contribution in [0.25, 0.3) is 0 Å².